The van der Waals surface area contributed by atoms with Gasteiger partial charge in [0, 0.05) is 25.7 Å². The Morgan fingerprint density at radius 1 is 1.50 bits per heavy atom. The predicted molar refractivity (Wildman–Crippen MR) is 51.5 cm³/mol. The average Bonchev–Trinajstić information content (AvgIpc) is 2.12. The first-order valence-electron chi connectivity index (χ1n) is 4.68. The summed E-state index contributed by atoms with van der Waals surface area (Å²) in [6.45, 7) is 4.46. The Bertz CT molecular complexity index is 125. The van der Waals surface area contributed by atoms with Crippen molar-refractivity contribution >= 4 is 0 Å². The smallest absolute Gasteiger partial charge is 0.0499 e. The molecule has 0 bridgehead atoms. The Morgan fingerprint density at radius 3 is 2.92 bits per heavy atom. The van der Waals surface area contributed by atoms with E-state index in [2.05, 4.69) is 36.3 Å². The molecule has 0 saturated carbocycles. The molecule has 1 aliphatic heterocycles. The summed E-state index contributed by atoms with van der Waals surface area (Å²) in [5.41, 5.74) is 0. The highest BCUT2D eigenvalue weighted by Crippen LogP contribution is 1.99. The maximum Gasteiger partial charge on any atom is 0.0499 e. The molecule has 3 nitrogen and oxygen atoms in total. The van der Waals surface area contributed by atoms with Crippen LogP contribution in [0.2, 0.25) is 0 Å². The van der Waals surface area contributed by atoms with Gasteiger partial charge in [-0.2, -0.15) is 0 Å². The van der Waals surface area contributed by atoms with Crippen LogP contribution in [0.5, 0.6) is 0 Å². The standard InChI is InChI=1S/C9H20N3/c1-11(2)7-9-8-12(3)6-4-5-10-9/h9H,4-8H2,1-3H3. The summed E-state index contributed by atoms with van der Waals surface area (Å²) in [5, 5.41) is 4.63. The van der Waals surface area contributed by atoms with Gasteiger partial charge < -0.3 is 9.80 Å². The van der Waals surface area contributed by atoms with Gasteiger partial charge in [-0.3, -0.25) is 0 Å². The monoisotopic (exact) mass is 170 g/mol. The van der Waals surface area contributed by atoms with Crippen LogP contribution in [-0.2, 0) is 0 Å². The van der Waals surface area contributed by atoms with Crippen molar-refractivity contribution in [3.8, 4) is 0 Å². The van der Waals surface area contributed by atoms with Gasteiger partial charge in [-0.05, 0) is 34.1 Å². The Balaban J connectivity index is 2.31. The molecule has 0 aromatic rings. The van der Waals surface area contributed by atoms with Crippen molar-refractivity contribution in [1.82, 2.24) is 15.1 Å². The Hall–Kier alpha value is -0.120. The Labute approximate surface area is 75.7 Å². The van der Waals surface area contributed by atoms with Crippen LogP contribution in [0.15, 0.2) is 0 Å². The highest BCUT2D eigenvalue weighted by atomic mass is 15.2. The van der Waals surface area contributed by atoms with Gasteiger partial charge >= 0.3 is 0 Å². The van der Waals surface area contributed by atoms with Crippen molar-refractivity contribution in [1.29, 1.82) is 0 Å². The van der Waals surface area contributed by atoms with E-state index < -0.39 is 0 Å². The van der Waals surface area contributed by atoms with Crippen molar-refractivity contribution in [2.45, 2.75) is 12.5 Å². The van der Waals surface area contributed by atoms with E-state index in [-0.39, 0.29) is 0 Å². The van der Waals surface area contributed by atoms with Gasteiger partial charge in [0.25, 0.3) is 0 Å². The second-order valence-electron chi connectivity index (χ2n) is 3.94. The lowest BCUT2D eigenvalue weighted by Gasteiger charge is -2.22. The average molecular weight is 170 g/mol. The molecule has 0 spiro atoms. The van der Waals surface area contributed by atoms with E-state index in [0.717, 1.165) is 19.6 Å². The summed E-state index contributed by atoms with van der Waals surface area (Å²) < 4.78 is 0. The minimum absolute atomic E-state index is 0.521. The van der Waals surface area contributed by atoms with Gasteiger partial charge in [-0.25, -0.2) is 5.32 Å². The third-order valence-electron chi connectivity index (χ3n) is 2.18. The lowest BCUT2D eigenvalue weighted by Crippen LogP contribution is -2.39. The van der Waals surface area contributed by atoms with E-state index >= 15 is 0 Å². The fraction of sp³-hybridized carbons (Fsp3) is 1.00. The normalized spacial score (nSPS) is 27.5. The largest absolute Gasteiger partial charge is 0.308 e. The van der Waals surface area contributed by atoms with Gasteiger partial charge in [0.2, 0.25) is 0 Å². The van der Waals surface area contributed by atoms with Crippen molar-refractivity contribution in [2.24, 2.45) is 0 Å². The quantitative estimate of drug-likeness (QED) is 0.575. The van der Waals surface area contributed by atoms with E-state index in [1.807, 2.05) is 0 Å². The number of nitrogens with zero attached hydrogens (tertiary/aromatic N) is 3. The molecule has 1 atom stereocenters. The third-order valence-corrected chi connectivity index (χ3v) is 2.18. The molecule has 1 aliphatic rings. The Kier molecular flexibility index (Phi) is 3.98. The molecular formula is C9H20N3. The van der Waals surface area contributed by atoms with Crippen LogP contribution in [0.1, 0.15) is 6.42 Å². The second kappa shape index (κ2) is 4.80. The van der Waals surface area contributed by atoms with Crippen molar-refractivity contribution < 1.29 is 0 Å². The van der Waals surface area contributed by atoms with E-state index in [0.29, 0.717) is 6.04 Å². The molecule has 1 heterocycles. The van der Waals surface area contributed by atoms with Gasteiger partial charge in [0.05, 0.1) is 0 Å². The number of rotatable bonds is 2. The predicted octanol–water partition coefficient (Wildman–Crippen LogP) is -0.143. The van der Waals surface area contributed by atoms with E-state index in [9.17, 15) is 0 Å². The van der Waals surface area contributed by atoms with E-state index in [1.54, 1.807) is 0 Å². The minimum atomic E-state index is 0.521. The molecule has 1 unspecified atom stereocenters. The number of hydrogen-bond donors (Lipinski definition) is 0. The molecule has 0 N–H and O–H groups in total. The molecule has 1 radical (unpaired) electrons. The van der Waals surface area contributed by atoms with Crippen LogP contribution >= 0.6 is 0 Å². The summed E-state index contributed by atoms with van der Waals surface area (Å²) in [6.07, 6.45) is 1.22. The van der Waals surface area contributed by atoms with Crippen molar-refractivity contribution in [3.05, 3.63) is 0 Å². The zero-order chi connectivity index (χ0) is 8.97. The molecule has 71 valence electrons. The maximum atomic E-state index is 4.63. The van der Waals surface area contributed by atoms with E-state index in [1.165, 1.54) is 13.0 Å². The van der Waals surface area contributed by atoms with Gasteiger partial charge in [-0.15, -0.1) is 0 Å². The summed E-state index contributed by atoms with van der Waals surface area (Å²) in [7, 11) is 6.41. The molecule has 0 aromatic heterocycles. The fourth-order valence-corrected chi connectivity index (χ4v) is 1.66. The van der Waals surface area contributed by atoms with Crippen LogP contribution in [-0.4, -0.2) is 63.2 Å². The maximum absolute atomic E-state index is 4.63. The first-order chi connectivity index (χ1) is 5.68. The fourth-order valence-electron chi connectivity index (χ4n) is 1.66. The second-order valence-corrected chi connectivity index (χ2v) is 3.94. The molecule has 1 rings (SSSR count). The SMILES string of the molecule is CN(C)CC1CN(C)CCC[N]1. The molecule has 0 aliphatic carbocycles. The highest BCUT2D eigenvalue weighted by molar-refractivity contribution is 4.75. The van der Waals surface area contributed by atoms with Gasteiger partial charge in [0.15, 0.2) is 0 Å². The molecule has 1 fully saturated rings. The first-order valence-corrected chi connectivity index (χ1v) is 4.68. The lowest BCUT2D eigenvalue weighted by molar-refractivity contribution is 0.276. The summed E-state index contributed by atoms with van der Waals surface area (Å²) in [6, 6.07) is 0.521. The molecular weight excluding hydrogens is 150 g/mol. The van der Waals surface area contributed by atoms with Crippen LogP contribution < -0.4 is 5.32 Å². The molecule has 0 amide bonds. The van der Waals surface area contributed by atoms with Crippen LogP contribution in [0, 0.1) is 0 Å². The van der Waals surface area contributed by atoms with Crippen molar-refractivity contribution in [2.75, 3.05) is 47.3 Å². The van der Waals surface area contributed by atoms with E-state index in [4.69, 9.17) is 0 Å². The van der Waals surface area contributed by atoms with Gasteiger partial charge in [-0.1, -0.05) is 0 Å². The van der Waals surface area contributed by atoms with Gasteiger partial charge in [0.1, 0.15) is 0 Å². The number of hydrogen-bond acceptors (Lipinski definition) is 2. The van der Waals surface area contributed by atoms with Crippen molar-refractivity contribution in [3.63, 3.8) is 0 Å². The van der Waals surface area contributed by atoms with Crippen LogP contribution in [0.3, 0.4) is 0 Å². The zero-order valence-corrected chi connectivity index (χ0v) is 8.45. The zero-order valence-electron chi connectivity index (χ0n) is 8.45. The molecule has 12 heavy (non-hydrogen) atoms. The molecule has 0 aromatic carbocycles. The minimum Gasteiger partial charge on any atom is -0.308 e. The topological polar surface area (TPSA) is 20.6 Å². The molecule has 1 saturated heterocycles. The number of likely N-dealkylation sites (N-methyl/N-ethyl adjacent to an activating group) is 2. The Morgan fingerprint density at radius 2 is 2.25 bits per heavy atom. The highest BCUT2D eigenvalue weighted by Gasteiger charge is 2.15. The third kappa shape index (κ3) is 3.52. The summed E-state index contributed by atoms with van der Waals surface area (Å²) >= 11 is 0. The van der Waals surface area contributed by atoms with Crippen LogP contribution in [0.4, 0.5) is 0 Å². The summed E-state index contributed by atoms with van der Waals surface area (Å²) in [4.78, 5) is 4.60. The molecule has 3 heteroatoms. The van der Waals surface area contributed by atoms with Crippen LogP contribution in [0.25, 0.3) is 0 Å². The lowest BCUT2D eigenvalue weighted by atomic mass is 10.2. The summed E-state index contributed by atoms with van der Waals surface area (Å²) in [5.74, 6) is 0. The first kappa shape index (κ1) is 9.96.